The van der Waals surface area contributed by atoms with E-state index in [1.54, 1.807) is 52.0 Å². The van der Waals surface area contributed by atoms with E-state index in [0.717, 1.165) is 18.6 Å². The van der Waals surface area contributed by atoms with Gasteiger partial charge in [-0.15, -0.1) is 0 Å². The van der Waals surface area contributed by atoms with Gasteiger partial charge in [-0.05, 0) is 90.5 Å². The molecule has 4 heterocycles. The third-order valence-corrected chi connectivity index (χ3v) is 14.3. The van der Waals surface area contributed by atoms with Crippen LogP contribution in [-0.4, -0.2) is 87.7 Å². The van der Waals surface area contributed by atoms with Crippen molar-refractivity contribution in [3.8, 4) is 17.3 Å². The molecule has 4 amide bonds. The Morgan fingerprint density at radius 3 is 2.43 bits per heavy atom. The van der Waals surface area contributed by atoms with E-state index >= 15 is 0 Å². The molecule has 3 N–H and O–H groups in total. The molecule has 0 bridgehead atoms. The van der Waals surface area contributed by atoms with Gasteiger partial charge in [-0.2, -0.15) is 18.2 Å². The number of sulfonamides is 1. The number of nitrogens with one attached hydrogen (secondary N) is 3. The number of allylic oxidation sites excluding steroid dienone is 1. The van der Waals surface area contributed by atoms with Crippen LogP contribution in [0.1, 0.15) is 91.0 Å². The molecule has 2 saturated carbocycles. The first-order valence-corrected chi connectivity index (χ1v) is 22.5. The van der Waals surface area contributed by atoms with Gasteiger partial charge in [0.1, 0.15) is 40.4 Å². The van der Waals surface area contributed by atoms with Crippen molar-refractivity contribution in [2.75, 3.05) is 6.54 Å². The van der Waals surface area contributed by atoms with Crippen molar-refractivity contribution in [1.82, 2.24) is 30.2 Å². The Morgan fingerprint density at radius 1 is 1.00 bits per heavy atom. The normalized spacial score (nSPS) is 25.3. The lowest BCUT2D eigenvalue weighted by molar-refractivity contribution is -0.141. The minimum atomic E-state index is -4.57. The fraction of sp³-hybridized carbons (Fsp3) is 0.500. The number of alkyl halides is 3. The Bertz CT molecular complexity index is 2600. The first-order chi connectivity index (χ1) is 29.7. The van der Waals surface area contributed by atoms with E-state index in [2.05, 4.69) is 25.3 Å². The molecule has 0 spiro atoms. The number of benzene rings is 2. The smallest absolute Gasteiger partial charge is 0.416 e. The van der Waals surface area contributed by atoms with Crippen molar-refractivity contribution >= 4 is 55.9 Å². The van der Waals surface area contributed by atoms with Crippen LogP contribution < -0.4 is 20.1 Å². The molecule has 4 aromatic rings. The molecule has 1 saturated heterocycles. The van der Waals surface area contributed by atoms with Crippen molar-refractivity contribution in [1.29, 1.82) is 0 Å². The summed E-state index contributed by atoms with van der Waals surface area (Å²) < 4.78 is 86.2. The van der Waals surface area contributed by atoms with Crippen molar-refractivity contribution < 1.29 is 54.7 Å². The van der Waals surface area contributed by atoms with Gasteiger partial charge in [-0.3, -0.25) is 19.1 Å². The summed E-state index contributed by atoms with van der Waals surface area (Å²) >= 11 is 0. The Balaban J connectivity index is 1.15. The van der Waals surface area contributed by atoms with Gasteiger partial charge in [0.25, 0.3) is 11.8 Å². The Kier molecular flexibility index (Phi) is 11.2. The maximum atomic E-state index is 14.7. The SMILES string of the molecule is CC(C)(C)OC(=O)N[C@H]1CCCCCC=C[C@@H]2C[C@@]2(C(=O)NS(=O)(=O)C2(C)CC2)NC(=O)[C@@H]2C[C@@H](Oc3nc(-c4ccc(C(F)(F)F)cc4)nc4c3oc3ccccc34)CN2C1=O. The lowest BCUT2D eigenvalue weighted by atomic mass is 10.0. The molecule has 19 heteroatoms. The van der Waals surface area contributed by atoms with Crippen LogP contribution in [0, 0.1) is 5.92 Å². The molecule has 2 aromatic heterocycles. The predicted molar refractivity (Wildman–Crippen MR) is 223 cm³/mol. The van der Waals surface area contributed by atoms with Crippen LogP contribution in [0.2, 0.25) is 0 Å². The quantitative estimate of drug-likeness (QED) is 0.167. The first-order valence-electron chi connectivity index (χ1n) is 21.1. The zero-order valence-corrected chi connectivity index (χ0v) is 36.0. The highest BCUT2D eigenvalue weighted by Crippen LogP contribution is 2.48. The van der Waals surface area contributed by atoms with Gasteiger partial charge in [-0.1, -0.05) is 49.3 Å². The van der Waals surface area contributed by atoms with Gasteiger partial charge < -0.3 is 29.4 Å². The number of hydrogen-bond donors (Lipinski definition) is 3. The molecule has 2 aromatic carbocycles. The van der Waals surface area contributed by atoms with Crippen LogP contribution in [0.4, 0.5) is 18.0 Å². The average molecular weight is 895 g/mol. The summed E-state index contributed by atoms with van der Waals surface area (Å²) in [5, 5.41) is 6.11. The molecule has 4 aliphatic rings. The summed E-state index contributed by atoms with van der Waals surface area (Å²) in [6, 6.07) is 8.87. The number of ether oxygens (including phenoxy) is 2. The molecule has 0 unspecified atom stereocenters. The summed E-state index contributed by atoms with van der Waals surface area (Å²) in [5.74, 6) is -2.84. The number of amides is 4. The van der Waals surface area contributed by atoms with Gasteiger partial charge in [0, 0.05) is 23.3 Å². The number of hydrogen-bond acceptors (Lipinski definition) is 11. The minimum absolute atomic E-state index is 0.0249. The highest BCUT2D eigenvalue weighted by Gasteiger charge is 2.63. The molecule has 8 rings (SSSR count). The van der Waals surface area contributed by atoms with E-state index in [-0.39, 0.29) is 48.7 Å². The van der Waals surface area contributed by atoms with Gasteiger partial charge in [0.2, 0.25) is 27.4 Å². The van der Waals surface area contributed by atoms with Crippen LogP contribution >= 0.6 is 0 Å². The maximum absolute atomic E-state index is 14.7. The number of aromatic nitrogens is 2. The second-order valence-electron chi connectivity index (χ2n) is 18.1. The van der Waals surface area contributed by atoms with E-state index in [4.69, 9.17) is 13.9 Å². The third kappa shape index (κ3) is 9.06. The van der Waals surface area contributed by atoms with Crippen LogP contribution in [0.25, 0.3) is 33.5 Å². The molecule has 2 aliphatic heterocycles. The topological polar surface area (TPSA) is 199 Å². The van der Waals surface area contributed by atoms with Crippen molar-refractivity contribution in [2.24, 2.45) is 5.92 Å². The summed E-state index contributed by atoms with van der Waals surface area (Å²) in [6.07, 6.45) is 0.871. The highest BCUT2D eigenvalue weighted by atomic mass is 32.2. The zero-order chi connectivity index (χ0) is 45.1. The van der Waals surface area contributed by atoms with E-state index in [9.17, 15) is 40.8 Å². The summed E-state index contributed by atoms with van der Waals surface area (Å²) in [7, 11) is -4.07. The summed E-state index contributed by atoms with van der Waals surface area (Å²) in [6.45, 7) is 6.39. The average Bonchev–Trinajstić information content (AvgIpc) is 4.03. The van der Waals surface area contributed by atoms with E-state index in [1.165, 1.54) is 17.0 Å². The number of rotatable bonds is 7. The van der Waals surface area contributed by atoms with Crippen molar-refractivity contribution in [3.05, 3.63) is 66.2 Å². The number of nitrogens with zero attached hydrogens (tertiary/aromatic N) is 3. The van der Waals surface area contributed by atoms with Crippen LogP contribution in [0.5, 0.6) is 5.88 Å². The number of furan rings is 1. The Morgan fingerprint density at radius 2 is 1.73 bits per heavy atom. The second kappa shape index (κ2) is 16.1. The van der Waals surface area contributed by atoms with Crippen LogP contribution in [0.15, 0.2) is 65.1 Å². The van der Waals surface area contributed by atoms with Gasteiger partial charge in [0.05, 0.1) is 16.9 Å². The van der Waals surface area contributed by atoms with E-state index in [0.29, 0.717) is 48.6 Å². The Hall–Kier alpha value is -5.72. The molecule has 5 atom stereocenters. The van der Waals surface area contributed by atoms with E-state index in [1.807, 2.05) is 12.2 Å². The molecule has 15 nitrogen and oxygen atoms in total. The highest BCUT2D eigenvalue weighted by molar-refractivity contribution is 7.91. The van der Waals surface area contributed by atoms with Crippen LogP contribution in [-0.2, 0) is 35.3 Å². The molecule has 63 heavy (non-hydrogen) atoms. The molecule has 336 valence electrons. The van der Waals surface area contributed by atoms with Gasteiger partial charge in [-0.25, -0.2) is 18.2 Å². The number of carbonyl (C=O) groups excluding carboxylic acids is 4. The first kappa shape index (κ1) is 43.9. The Labute approximate surface area is 361 Å². The van der Waals surface area contributed by atoms with Crippen LogP contribution in [0.3, 0.4) is 0 Å². The molecular formula is C44H49F3N6O9S. The third-order valence-electron chi connectivity index (χ3n) is 12.1. The van der Waals surface area contributed by atoms with Gasteiger partial charge >= 0.3 is 12.3 Å². The van der Waals surface area contributed by atoms with Crippen molar-refractivity contribution in [2.45, 2.75) is 126 Å². The lowest BCUT2D eigenvalue weighted by Crippen LogP contribution is -2.58. The van der Waals surface area contributed by atoms with Crippen molar-refractivity contribution in [3.63, 3.8) is 0 Å². The monoisotopic (exact) mass is 894 g/mol. The number of halogens is 3. The molecule has 3 fully saturated rings. The number of alkyl carbamates (subject to hydrolysis) is 1. The minimum Gasteiger partial charge on any atom is -0.470 e. The lowest BCUT2D eigenvalue weighted by Gasteiger charge is -2.30. The largest absolute Gasteiger partial charge is 0.470 e. The summed E-state index contributed by atoms with van der Waals surface area (Å²) in [4.78, 5) is 67.0. The standard InChI is InChI=1S/C44H49F3N6O9S/c1-41(2,3)62-40(57)48-30-14-9-7-5-6-8-12-27-23-43(27,39(56)52-63(58,59)42(4)20-21-42)51-36(54)31-22-28(24-53(31)38(30)55)60-37-34-33(29-13-10-11-15-32(29)61-34)49-35(50-37)25-16-18-26(19-17-25)44(45,46)47/h8,10-13,15-19,27-28,30-31H,5-7,9,14,20-24H2,1-4H3,(H,48,57)(H,51,54)(H,52,56)/t27-,28-,30+,31+,43-/m1/s1. The second-order valence-corrected chi connectivity index (χ2v) is 20.3. The van der Waals surface area contributed by atoms with E-state index < -0.39 is 85.6 Å². The predicted octanol–water partition coefficient (Wildman–Crippen LogP) is 6.70. The fourth-order valence-corrected chi connectivity index (χ4v) is 9.45. The maximum Gasteiger partial charge on any atom is 0.416 e. The van der Waals surface area contributed by atoms with Gasteiger partial charge in [0.15, 0.2) is 5.82 Å². The number of fused-ring (bicyclic) bond motifs is 5. The fourth-order valence-electron chi connectivity index (χ4n) is 8.14. The zero-order valence-electron chi connectivity index (χ0n) is 35.2. The number of para-hydroxylation sites is 1. The molecular weight excluding hydrogens is 846 g/mol. The molecule has 0 radical (unpaired) electrons. The summed E-state index contributed by atoms with van der Waals surface area (Å²) in [5.41, 5.74) is -2.27. The molecule has 2 aliphatic carbocycles. The number of carbonyl (C=O) groups is 4.